The maximum absolute atomic E-state index is 6.07. The summed E-state index contributed by atoms with van der Waals surface area (Å²) >= 11 is 6.07. The zero-order valence-electron chi connectivity index (χ0n) is 17.2. The van der Waals surface area contributed by atoms with Crippen molar-refractivity contribution in [3.05, 3.63) is 65.7 Å². The van der Waals surface area contributed by atoms with Gasteiger partial charge in [-0.05, 0) is 30.8 Å². The topological polar surface area (TPSA) is 74.5 Å². The van der Waals surface area contributed by atoms with Crippen LogP contribution in [0.3, 0.4) is 0 Å². The summed E-state index contributed by atoms with van der Waals surface area (Å²) in [6.07, 6.45) is 7.36. The highest BCUT2D eigenvalue weighted by atomic mass is 35.5. The molecule has 4 aromatic rings. The Bertz CT molecular complexity index is 1200. The lowest BCUT2D eigenvalue weighted by Crippen LogP contribution is -2.45. The van der Waals surface area contributed by atoms with E-state index in [0.717, 1.165) is 54.6 Å². The first-order valence-corrected chi connectivity index (χ1v) is 10.6. The molecule has 4 heterocycles. The summed E-state index contributed by atoms with van der Waals surface area (Å²) in [6.45, 7) is 4.51. The van der Waals surface area contributed by atoms with Crippen LogP contribution in [0, 0.1) is 0 Å². The first-order chi connectivity index (χ1) is 15.2. The van der Waals surface area contributed by atoms with Crippen molar-refractivity contribution < 1.29 is 0 Å². The minimum Gasteiger partial charge on any atom is -0.351 e. The number of aromatic nitrogens is 5. The summed E-state index contributed by atoms with van der Waals surface area (Å²) in [5, 5.41) is 3.98. The molecule has 5 rings (SSSR count). The summed E-state index contributed by atoms with van der Waals surface area (Å²) in [5.74, 6) is 1.47. The van der Waals surface area contributed by atoms with Crippen LogP contribution in [-0.2, 0) is 6.54 Å². The average Bonchev–Trinajstić information content (AvgIpc) is 3.23. The molecule has 0 saturated carbocycles. The number of likely N-dealkylation sites (N-methyl/N-ethyl adjacent to an activating group) is 1. The number of imidazole rings is 1. The van der Waals surface area contributed by atoms with Crippen LogP contribution in [0.5, 0.6) is 0 Å². The smallest absolute Gasteiger partial charge is 0.223 e. The molecule has 1 N–H and O–H groups in total. The SMILES string of the molecule is CN1CCN(c2nccn3c(-c4ccnc(NCc5cccc(Cl)c5)n4)cnc23)CC1. The lowest BCUT2D eigenvalue weighted by atomic mass is 10.2. The number of nitrogens with zero attached hydrogens (tertiary/aromatic N) is 7. The minimum atomic E-state index is 0.556. The van der Waals surface area contributed by atoms with Crippen molar-refractivity contribution >= 4 is 29.0 Å². The van der Waals surface area contributed by atoms with Crippen LogP contribution in [-0.4, -0.2) is 62.5 Å². The monoisotopic (exact) mass is 434 g/mol. The summed E-state index contributed by atoms with van der Waals surface area (Å²) in [5.41, 5.74) is 3.61. The molecule has 8 nitrogen and oxygen atoms in total. The number of anilines is 2. The molecule has 3 aromatic heterocycles. The van der Waals surface area contributed by atoms with Gasteiger partial charge in [0.05, 0.1) is 17.6 Å². The molecule has 1 aromatic carbocycles. The molecule has 158 valence electrons. The Labute approximate surface area is 185 Å². The van der Waals surface area contributed by atoms with Gasteiger partial charge in [0.1, 0.15) is 0 Å². The third-order valence-electron chi connectivity index (χ3n) is 5.47. The normalized spacial score (nSPS) is 14.8. The van der Waals surface area contributed by atoms with E-state index in [1.165, 1.54) is 0 Å². The summed E-state index contributed by atoms with van der Waals surface area (Å²) < 4.78 is 2.05. The lowest BCUT2D eigenvalue weighted by Gasteiger charge is -2.33. The molecule has 0 unspecified atom stereocenters. The van der Waals surface area contributed by atoms with Crippen molar-refractivity contribution in [1.29, 1.82) is 0 Å². The van der Waals surface area contributed by atoms with Gasteiger partial charge in [-0.15, -0.1) is 0 Å². The van der Waals surface area contributed by atoms with Crippen LogP contribution in [0.4, 0.5) is 11.8 Å². The van der Waals surface area contributed by atoms with Crippen molar-refractivity contribution in [1.82, 2.24) is 29.2 Å². The molecule has 0 spiro atoms. The van der Waals surface area contributed by atoms with Gasteiger partial charge in [-0.3, -0.25) is 4.40 Å². The number of halogens is 1. The van der Waals surface area contributed by atoms with Gasteiger partial charge >= 0.3 is 0 Å². The van der Waals surface area contributed by atoms with Gasteiger partial charge in [0, 0.05) is 56.3 Å². The Hall–Kier alpha value is -3.23. The van der Waals surface area contributed by atoms with E-state index in [9.17, 15) is 0 Å². The van der Waals surface area contributed by atoms with Gasteiger partial charge in [0.25, 0.3) is 0 Å². The van der Waals surface area contributed by atoms with Crippen molar-refractivity contribution in [3.63, 3.8) is 0 Å². The van der Waals surface area contributed by atoms with Gasteiger partial charge in [-0.25, -0.2) is 19.9 Å². The average molecular weight is 435 g/mol. The fourth-order valence-corrected chi connectivity index (χ4v) is 3.96. The van der Waals surface area contributed by atoms with Crippen molar-refractivity contribution in [2.45, 2.75) is 6.54 Å². The number of hydrogen-bond acceptors (Lipinski definition) is 7. The highest BCUT2D eigenvalue weighted by Crippen LogP contribution is 2.25. The van der Waals surface area contributed by atoms with Gasteiger partial charge in [0.2, 0.25) is 5.95 Å². The van der Waals surface area contributed by atoms with E-state index >= 15 is 0 Å². The van der Waals surface area contributed by atoms with E-state index in [4.69, 9.17) is 16.6 Å². The lowest BCUT2D eigenvalue weighted by molar-refractivity contribution is 0.312. The van der Waals surface area contributed by atoms with Crippen LogP contribution < -0.4 is 10.2 Å². The Morgan fingerprint density at radius 1 is 1.03 bits per heavy atom. The summed E-state index contributed by atoms with van der Waals surface area (Å²) in [7, 11) is 2.14. The highest BCUT2D eigenvalue weighted by molar-refractivity contribution is 6.30. The molecule has 9 heteroatoms. The molecule has 1 aliphatic rings. The first kappa shape index (κ1) is 19.7. The number of nitrogens with one attached hydrogen (secondary N) is 1. The molecule has 31 heavy (non-hydrogen) atoms. The maximum atomic E-state index is 6.07. The van der Waals surface area contributed by atoms with E-state index in [-0.39, 0.29) is 0 Å². The van der Waals surface area contributed by atoms with Crippen molar-refractivity contribution in [3.8, 4) is 11.4 Å². The number of benzene rings is 1. The predicted octanol–water partition coefficient (Wildman–Crippen LogP) is 3.20. The number of piperazine rings is 1. The van der Waals surface area contributed by atoms with E-state index in [0.29, 0.717) is 17.5 Å². The zero-order valence-corrected chi connectivity index (χ0v) is 18.0. The van der Waals surface area contributed by atoms with Crippen LogP contribution in [0.1, 0.15) is 5.56 Å². The van der Waals surface area contributed by atoms with Crippen LogP contribution in [0.25, 0.3) is 17.0 Å². The third-order valence-corrected chi connectivity index (χ3v) is 5.70. The van der Waals surface area contributed by atoms with Crippen molar-refractivity contribution in [2.24, 2.45) is 0 Å². The quantitative estimate of drug-likeness (QED) is 0.517. The summed E-state index contributed by atoms with van der Waals surface area (Å²) in [6, 6.07) is 9.62. The molecule has 0 aliphatic carbocycles. The van der Waals surface area contributed by atoms with Crippen LogP contribution in [0.2, 0.25) is 5.02 Å². The molecular formula is C22H23ClN8. The fourth-order valence-electron chi connectivity index (χ4n) is 3.75. The molecule has 0 bridgehead atoms. The number of rotatable bonds is 5. The van der Waals surface area contributed by atoms with E-state index in [1.807, 2.05) is 53.3 Å². The van der Waals surface area contributed by atoms with E-state index < -0.39 is 0 Å². The second-order valence-electron chi connectivity index (χ2n) is 7.63. The molecule has 1 fully saturated rings. The zero-order chi connectivity index (χ0) is 21.2. The van der Waals surface area contributed by atoms with E-state index in [2.05, 4.69) is 37.1 Å². The van der Waals surface area contributed by atoms with Gasteiger partial charge in [-0.2, -0.15) is 0 Å². The Kier molecular flexibility index (Phi) is 5.40. The molecule has 1 aliphatic heterocycles. The Morgan fingerprint density at radius 3 is 2.74 bits per heavy atom. The Balaban J connectivity index is 1.41. The van der Waals surface area contributed by atoms with Gasteiger partial charge in [-0.1, -0.05) is 23.7 Å². The van der Waals surface area contributed by atoms with Crippen molar-refractivity contribution in [2.75, 3.05) is 43.4 Å². The van der Waals surface area contributed by atoms with E-state index in [1.54, 1.807) is 6.20 Å². The first-order valence-electron chi connectivity index (χ1n) is 10.2. The second-order valence-corrected chi connectivity index (χ2v) is 8.06. The Morgan fingerprint density at radius 2 is 1.90 bits per heavy atom. The fraction of sp³-hybridized carbons (Fsp3) is 0.273. The molecule has 1 saturated heterocycles. The number of fused-ring (bicyclic) bond motifs is 1. The molecule has 0 atom stereocenters. The standard InChI is InChI=1S/C22H23ClN8/c1-29-9-11-30(12-10-29)20-21-26-15-19(31(21)8-7-24-20)18-5-6-25-22(28-18)27-14-16-3-2-4-17(23)13-16/h2-8,13,15H,9-12,14H2,1H3,(H,25,27,28). The predicted molar refractivity (Wildman–Crippen MR) is 123 cm³/mol. The van der Waals surface area contributed by atoms with Crippen LogP contribution >= 0.6 is 11.6 Å². The maximum Gasteiger partial charge on any atom is 0.223 e. The van der Waals surface area contributed by atoms with Gasteiger partial charge < -0.3 is 15.1 Å². The third kappa shape index (κ3) is 4.17. The summed E-state index contributed by atoms with van der Waals surface area (Å²) in [4.78, 5) is 23.0. The molecular weight excluding hydrogens is 412 g/mol. The molecule has 0 radical (unpaired) electrons. The van der Waals surface area contributed by atoms with Gasteiger partial charge in [0.15, 0.2) is 11.5 Å². The number of hydrogen-bond donors (Lipinski definition) is 1. The second kappa shape index (κ2) is 8.49. The molecule has 0 amide bonds. The largest absolute Gasteiger partial charge is 0.351 e. The highest BCUT2D eigenvalue weighted by Gasteiger charge is 2.20. The van der Waals surface area contributed by atoms with Crippen LogP contribution in [0.15, 0.2) is 55.1 Å². The minimum absolute atomic E-state index is 0.556.